The highest BCUT2D eigenvalue weighted by atomic mass is 16.3. The van der Waals surface area contributed by atoms with Crippen molar-refractivity contribution in [3.8, 4) is 11.3 Å². The fraction of sp³-hybridized carbons (Fsp3) is 0.286. The van der Waals surface area contributed by atoms with Gasteiger partial charge in [0, 0.05) is 17.5 Å². The molecule has 3 N–H and O–H groups in total. The summed E-state index contributed by atoms with van der Waals surface area (Å²) in [6.45, 7) is 0.654. The molecular weight excluding hydrogens is 240 g/mol. The van der Waals surface area contributed by atoms with Crippen LogP contribution in [0.2, 0.25) is 0 Å². The average Bonchev–Trinajstić information content (AvgIpc) is 2.90. The van der Waals surface area contributed by atoms with E-state index in [-0.39, 0.29) is 5.41 Å². The molecule has 1 saturated carbocycles. The van der Waals surface area contributed by atoms with Crippen LogP contribution < -0.4 is 5.73 Å². The summed E-state index contributed by atoms with van der Waals surface area (Å²) < 4.78 is 5.32. The van der Waals surface area contributed by atoms with E-state index in [9.17, 15) is 0 Å². The van der Waals surface area contributed by atoms with Crippen LogP contribution in [0.1, 0.15) is 18.7 Å². The summed E-state index contributed by atoms with van der Waals surface area (Å²) in [6.07, 6.45) is 5.57. The molecule has 5 heteroatoms. The highest BCUT2D eigenvalue weighted by Gasteiger charge is 2.45. The quantitative estimate of drug-likeness (QED) is 0.750. The maximum absolute atomic E-state index is 5.83. The van der Waals surface area contributed by atoms with Gasteiger partial charge in [-0.2, -0.15) is 0 Å². The molecule has 96 valence electrons. The molecule has 0 saturated heterocycles. The molecule has 0 atom stereocenters. The zero-order valence-electron chi connectivity index (χ0n) is 10.4. The van der Waals surface area contributed by atoms with Crippen molar-refractivity contribution in [2.75, 3.05) is 6.54 Å². The lowest BCUT2D eigenvalue weighted by Crippen LogP contribution is -2.21. The summed E-state index contributed by atoms with van der Waals surface area (Å²) in [7, 11) is 0. The third-order valence-electron chi connectivity index (χ3n) is 3.96. The lowest BCUT2D eigenvalue weighted by atomic mass is 10.1. The van der Waals surface area contributed by atoms with Crippen LogP contribution in [0, 0.1) is 0 Å². The number of nitrogens with one attached hydrogen (secondary N) is 1. The minimum Gasteiger partial charge on any atom is -0.443 e. The van der Waals surface area contributed by atoms with Crippen LogP contribution in [0.5, 0.6) is 0 Å². The van der Waals surface area contributed by atoms with E-state index in [0.717, 1.165) is 41.0 Å². The molecule has 0 unspecified atom stereocenters. The van der Waals surface area contributed by atoms with Gasteiger partial charge in [0.15, 0.2) is 12.0 Å². The molecule has 0 aliphatic heterocycles. The van der Waals surface area contributed by atoms with E-state index in [1.54, 1.807) is 0 Å². The number of H-pyrrole nitrogens is 1. The first-order chi connectivity index (χ1) is 9.31. The van der Waals surface area contributed by atoms with Gasteiger partial charge in [-0.15, -0.1) is 0 Å². The average molecular weight is 254 g/mol. The molecule has 1 aliphatic carbocycles. The van der Waals surface area contributed by atoms with Gasteiger partial charge in [-0.3, -0.25) is 0 Å². The first-order valence-corrected chi connectivity index (χ1v) is 6.40. The molecule has 0 bridgehead atoms. The Morgan fingerprint density at radius 3 is 3.00 bits per heavy atom. The molecule has 1 aromatic carbocycles. The van der Waals surface area contributed by atoms with Crippen molar-refractivity contribution < 1.29 is 4.42 Å². The molecule has 3 aromatic rings. The number of hydrogen-bond acceptors (Lipinski definition) is 4. The maximum atomic E-state index is 5.83. The number of nitrogens with two attached hydrogens (primary N) is 1. The van der Waals surface area contributed by atoms with Crippen LogP contribution in [0.15, 0.2) is 35.2 Å². The lowest BCUT2D eigenvalue weighted by Gasteiger charge is -2.07. The van der Waals surface area contributed by atoms with Crippen LogP contribution >= 0.6 is 0 Å². The number of aromatic amines is 1. The van der Waals surface area contributed by atoms with Gasteiger partial charge in [0.2, 0.25) is 0 Å². The molecule has 0 amide bonds. The molecule has 4 rings (SSSR count). The van der Waals surface area contributed by atoms with Gasteiger partial charge >= 0.3 is 0 Å². The SMILES string of the molecule is NCC1(c2ncc(-c3ccc4ncoc4c3)[nH]2)CC1. The van der Waals surface area contributed by atoms with Gasteiger partial charge < -0.3 is 15.1 Å². The highest BCUT2D eigenvalue weighted by molar-refractivity contribution is 5.78. The van der Waals surface area contributed by atoms with Crippen LogP contribution in [0.4, 0.5) is 0 Å². The van der Waals surface area contributed by atoms with Crippen LogP contribution in [-0.2, 0) is 5.41 Å². The molecule has 5 nitrogen and oxygen atoms in total. The van der Waals surface area contributed by atoms with E-state index in [1.807, 2.05) is 24.4 Å². The van der Waals surface area contributed by atoms with Gasteiger partial charge in [0.05, 0.1) is 11.9 Å². The van der Waals surface area contributed by atoms with Crippen molar-refractivity contribution in [2.45, 2.75) is 18.3 Å². The summed E-state index contributed by atoms with van der Waals surface area (Å²) in [5.74, 6) is 1.00. The Labute approximate surface area is 109 Å². The third-order valence-corrected chi connectivity index (χ3v) is 3.96. The fourth-order valence-corrected chi connectivity index (χ4v) is 2.45. The van der Waals surface area contributed by atoms with Crippen molar-refractivity contribution in [3.05, 3.63) is 36.6 Å². The van der Waals surface area contributed by atoms with Gasteiger partial charge in [-0.05, 0) is 25.0 Å². The Kier molecular flexibility index (Phi) is 2.08. The largest absolute Gasteiger partial charge is 0.443 e. The number of oxazole rings is 1. The molecule has 0 radical (unpaired) electrons. The Balaban J connectivity index is 1.75. The number of fused-ring (bicyclic) bond motifs is 1. The summed E-state index contributed by atoms with van der Waals surface area (Å²) in [5.41, 5.74) is 9.61. The standard InChI is InChI=1S/C14H14N4O/c15-7-14(3-4-14)13-16-6-11(18-13)9-1-2-10-12(5-9)19-8-17-10/h1-2,5-6,8H,3-4,7,15H2,(H,16,18). The predicted octanol–water partition coefficient (Wildman–Crippen LogP) is 2.21. The second-order valence-electron chi connectivity index (χ2n) is 5.16. The molecule has 1 aliphatic rings. The van der Waals surface area contributed by atoms with E-state index in [2.05, 4.69) is 15.0 Å². The minimum atomic E-state index is 0.0919. The first-order valence-electron chi connectivity index (χ1n) is 6.40. The van der Waals surface area contributed by atoms with Crippen molar-refractivity contribution in [2.24, 2.45) is 5.73 Å². The zero-order chi connectivity index (χ0) is 12.9. The number of aromatic nitrogens is 3. The van der Waals surface area contributed by atoms with Gasteiger partial charge in [-0.25, -0.2) is 9.97 Å². The molecule has 2 heterocycles. The van der Waals surface area contributed by atoms with Crippen molar-refractivity contribution in [1.29, 1.82) is 0 Å². The number of rotatable bonds is 3. The van der Waals surface area contributed by atoms with Crippen LogP contribution in [-0.4, -0.2) is 21.5 Å². The molecular formula is C14H14N4O. The topological polar surface area (TPSA) is 80.7 Å². The van der Waals surface area contributed by atoms with Gasteiger partial charge in [-0.1, -0.05) is 6.07 Å². The predicted molar refractivity (Wildman–Crippen MR) is 71.6 cm³/mol. The van der Waals surface area contributed by atoms with E-state index < -0.39 is 0 Å². The maximum Gasteiger partial charge on any atom is 0.181 e. The molecule has 1 fully saturated rings. The minimum absolute atomic E-state index is 0.0919. The zero-order valence-corrected chi connectivity index (χ0v) is 10.4. The highest BCUT2D eigenvalue weighted by Crippen LogP contribution is 2.46. The Morgan fingerprint density at radius 1 is 1.32 bits per heavy atom. The van der Waals surface area contributed by atoms with Crippen molar-refractivity contribution in [3.63, 3.8) is 0 Å². The van der Waals surface area contributed by atoms with Crippen molar-refractivity contribution >= 4 is 11.1 Å². The second-order valence-corrected chi connectivity index (χ2v) is 5.16. The van der Waals surface area contributed by atoms with E-state index in [1.165, 1.54) is 6.39 Å². The fourth-order valence-electron chi connectivity index (χ4n) is 2.45. The Bertz CT molecular complexity index is 739. The lowest BCUT2D eigenvalue weighted by molar-refractivity contribution is 0.602. The summed E-state index contributed by atoms with van der Waals surface area (Å²) in [6, 6.07) is 5.94. The summed E-state index contributed by atoms with van der Waals surface area (Å²) in [4.78, 5) is 12.0. The van der Waals surface area contributed by atoms with Gasteiger partial charge in [0.1, 0.15) is 11.3 Å². The van der Waals surface area contributed by atoms with E-state index in [4.69, 9.17) is 10.2 Å². The van der Waals surface area contributed by atoms with Crippen LogP contribution in [0.3, 0.4) is 0 Å². The molecule has 0 spiro atoms. The number of hydrogen-bond donors (Lipinski definition) is 2. The smallest absolute Gasteiger partial charge is 0.181 e. The van der Waals surface area contributed by atoms with Crippen molar-refractivity contribution in [1.82, 2.24) is 15.0 Å². The van der Waals surface area contributed by atoms with E-state index in [0.29, 0.717) is 6.54 Å². The van der Waals surface area contributed by atoms with Crippen LogP contribution in [0.25, 0.3) is 22.4 Å². The van der Waals surface area contributed by atoms with E-state index >= 15 is 0 Å². The monoisotopic (exact) mass is 254 g/mol. The molecule has 19 heavy (non-hydrogen) atoms. The Hall–Kier alpha value is -2.14. The van der Waals surface area contributed by atoms with Gasteiger partial charge in [0.25, 0.3) is 0 Å². The Morgan fingerprint density at radius 2 is 2.21 bits per heavy atom. The normalized spacial score (nSPS) is 16.9. The number of nitrogens with zero attached hydrogens (tertiary/aromatic N) is 2. The number of imidazole rings is 1. The third kappa shape index (κ3) is 1.58. The first kappa shape index (κ1) is 10.8. The second kappa shape index (κ2) is 3.68. The summed E-state index contributed by atoms with van der Waals surface area (Å²) >= 11 is 0. The number of benzene rings is 1. The summed E-state index contributed by atoms with van der Waals surface area (Å²) in [5, 5.41) is 0. The molecule has 2 aromatic heterocycles.